The van der Waals surface area contributed by atoms with Crippen molar-refractivity contribution < 1.29 is 14.6 Å². The zero-order chi connectivity index (χ0) is 14.6. The quantitative estimate of drug-likeness (QED) is 0.413. The van der Waals surface area contributed by atoms with Crippen LogP contribution in [0.25, 0.3) is 12.2 Å². The van der Waals surface area contributed by atoms with Crippen LogP contribution in [-0.4, -0.2) is 17.7 Å². The first-order valence-electron chi connectivity index (χ1n) is 7.01. The first-order chi connectivity index (χ1) is 9.72. The third kappa shape index (κ3) is 7.41. The average Bonchev–Trinajstić information content (AvgIpc) is 2.45. The highest BCUT2D eigenvalue weighted by Crippen LogP contribution is 2.08. The molecule has 0 fully saturated rings. The van der Waals surface area contributed by atoms with Gasteiger partial charge in [-0.05, 0) is 29.7 Å². The van der Waals surface area contributed by atoms with Gasteiger partial charge in [0.1, 0.15) is 0 Å². The molecule has 1 aromatic rings. The highest BCUT2D eigenvalue weighted by molar-refractivity contribution is 5.85. The maximum Gasteiger partial charge on any atom is 0.328 e. The third-order valence-corrected chi connectivity index (χ3v) is 2.83. The number of rotatable bonds is 9. The molecule has 20 heavy (non-hydrogen) atoms. The van der Waals surface area contributed by atoms with Gasteiger partial charge in [0.2, 0.25) is 0 Å². The third-order valence-electron chi connectivity index (χ3n) is 2.83. The molecule has 0 aliphatic heterocycles. The molecule has 1 rings (SSSR count). The second kappa shape index (κ2) is 9.84. The molecule has 0 radical (unpaired) electrons. The normalized spacial score (nSPS) is 11.2. The number of carbonyl (C=O) groups is 1. The van der Waals surface area contributed by atoms with E-state index in [-0.39, 0.29) is 0 Å². The Morgan fingerprint density at radius 3 is 2.35 bits per heavy atom. The fourth-order valence-electron chi connectivity index (χ4n) is 1.69. The summed E-state index contributed by atoms with van der Waals surface area (Å²) in [6.07, 6.45) is 11.1. The number of hydrogen-bond donors (Lipinski definition) is 1. The minimum atomic E-state index is -0.939. The van der Waals surface area contributed by atoms with E-state index in [1.165, 1.54) is 19.3 Å². The van der Waals surface area contributed by atoms with Crippen LogP contribution in [0.5, 0.6) is 0 Å². The Morgan fingerprint density at radius 1 is 1.10 bits per heavy atom. The van der Waals surface area contributed by atoms with E-state index in [1.807, 2.05) is 30.3 Å². The summed E-state index contributed by atoms with van der Waals surface area (Å²) in [5, 5.41) is 8.54. The van der Waals surface area contributed by atoms with Gasteiger partial charge >= 0.3 is 5.97 Å². The van der Waals surface area contributed by atoms with Gasteiger partial charge in [0, 0.05) is 6.08 Å². The fourth-order valence-corrected chi connectivity index (χ4v) is 1.69. The predicted molar refractivity (Wildman–Crippen MR) is 82.2 cm³/mol. The van der Waals surface area contributed by atoms with Gasteiger partial charge in [-0.3, -0.25) is 0 Å². The molecule has 3 nitrogen and oxygen atoms in total. The first-order valence-corrected chi connectivity index (χ1v) is 7.01. The first kappa shape index (κ1) is 16.0. The van der Waals surface area contributed by atoms with Gasteiger partial charge in [-0.1, -0.05) is 50.5 Å². The Kier molecular flexibility index (Phi) is 7.89. The standard InChI is InChI=1S/C17H22O3/c1-2-3-4-5-13-20-14-12-16-8-6-15(7-9-16)10-11-17(18)19/h6-12,14H,2-5,13H2,1H3,(H,18,19). The number of carboxylic acids is 1. The number of ether oxygens (including phenoxy) is 1. The van der Waals surface area contributed by atoms with Crippen LogP contribution < -0.4 is 0 Å². The molecule has 0 aliphatic carbocycles. The van der Waals surface area contributed by atoms with Crippen LogP contribution in [0.2, 0.25) is 0 Å². The fraction of sp³-hybridized carbons (Fsp3) is 0.353. The summed E-state index contributed by atoms with van der Waals surface area (Å²) in [4.78, 5) is 10.4. The van der Waals surface area contributed by atoms with Crippen LogP contribution in [0.1, 0.15) is 43.7 Å². The molecule has 0 spiro atoms. The second-order valence-corrected chi connectivity index (χ2v) is 4.57. The highest BCUT2D eigenvalue weighted by Gasteiger charge is 1.91. The number of carboxylic acid groups (broad SMARTS) is 1. The van der Waals surface area contributed by atoms with Crippen LogP contribution in [0.15, 0.2) is 36.6 Å². The van der Waals surface area contributed by atoms with Gasteiger partial charge in [0.05, 0.1) is 12.9 Å². The van der Waals surface area contributed by atoms with Crippen LogP contribution in [0.3, 0.4) is 0 Å². The summed E-state index contributed by atoms with van der Waals surface area (Å²) < 4.78 is 5.42. The molecule has 3 heteroatoms. The van der Waals surface area contributed by atoms with Gasteiger partial charge in [0.25, 0.3) is 0 Å². The van der Waals surface area contributed by atoms with E-state index in [0.717, 1.165) is 30.2 Å². The monoisotopic (exact) mass is 274 g/mol. The molecule has 0 amide bonds. The molecule has 0 saturated heterocycles. The smallest absolute Gasteiger partial charge is 0.328 e. The van der Waals surface area contributed by atoms with Gasteiger partial charge in [0.15, 0.2) is 0 Å². The van der Waals surface area contributed by atoms with Crippen LogP contribution in [0.4, 0.5) is 0 Å². The molecule has 0 aliphatic rings. The summed E-state index contributed by atoms with van der Waals surface area (Å²) in [5.41, 5.74) is 1.90. The predicted octanol–water partition coefficient (Wildman–Crippen LogP) is 4.35. The Morgan fingerprint density at radius 2 is 1.75 bits per heavy atom. The van der Waals surface area contributed by atoms with Crippen LogP contribution >= 0.6 is 0 Å². The van der Waals surface area contributed by atoms with E-state index in [0.29, 0.717) is 0 Å². The van der Waals surface area contributed by atoms with Crippen molar-refractivity contribution >= 4 is 18.1 Å². The summed E-state index contributed by atoms with van der Waals surface area (Å²) in [5.74, 6) is -0.939. The second-order valence-electron chi connectivity index (χ2n) is 4.57. The summed E-state index contributed by atoms with van der Waals surface area (Å²) in [7, 11) is 0. The molecule has 0 unspecified atom stereocenters. The molecular formula is C17H22O3. The molecule has 0 aromatic heterocycles. The lowest BCUT2D eigenvalue weighted by Gasteiger charge is -2.00. The lowest BCUT2D eigenvalue weighted by molar-refractivity contribution is -0.131. The van der Waals surface area contributed by atoms with Gasteiger partial charge in [-0.15, -0.1) is 0 Å². The van der Waals surface area contributed by atoms with Gasteiger partial charge < -0.3 is 9.84 Å². The minimum Gasteiger partial charge on any atom is -0.501 e. The van der Waals surface area contributed by atoms with Crippen molar-refractivity contribution in [2.75, 3.05) is 6.61 Å². The van der Waals surface area contributed by atoms with Crippen LogP contribution in [0, 0.1) is 0 Å². The summed E-state index contributed by atoms with van der Waals surface area (Å²) in [6, 6.07) is 7.61. The summed E-state index contributed by atoms with van der Waals surface area (Å²) in [6.45, 7) is 2.95. The van der Waals surface area contributed by atoms with Gasteiger partial charge in [-0.25, -0.2) is 4.79 Å². The Bertz CT molecular complexity index is 444. The number of hydrogen-bond acceptors (Lipinski definition) is 2. The maximum absolute atomic E-state index is 10.4. The minimum absolute atomic E-state index is 0.760. The number of aliphatic carboxylic acids is 1. The van der Waals surface area contributed by atoms with E-state index in [1.54, 1.807) is 12.3 Å². The highest BCUT2D eigenvalue weighted by atomic mass is 16.5. The van der Waals surface area contributed by atoms with E-state index < -0.39 is 5.97 Å². The van der Waals surface area contributed by atoms with Crippen molar-refractivity contribution in [3.63, 3.8) is 0 Å². The molecule has 0 saturated carbocycles. The zero-order valence-electron chi connectivity index (χ0n) is 11.9. The molecule has 1 N–H and O–H groups in total. The van der Waals surface area contributed by atoms with E-state index in [9.17, 15) is 4.79 Å². The Labute approximate surface area is 120 Å². The Balaban J connectivity index is 2.32. The topological polar surface area (TPSA) is 46.5 Å². The molecule has 0 bridgehead atoms. The molecule has 108 valence electrons. The summed E-state index contributed by atoms with van der Waals surface area (Å²) >= 11 is 0. The molecular weight excluding hydrogens is 252 g/mol. The molecule has 0 heterocycles. The maximum atomic E-state index is 10.4. The SMILES string of the molecule is CCCCCCOC=Cc1ccc(C=CC(=O)O)cc1. The molecule has 0 atom stereocenters. The van der Waals surface area contributed by atoms with E-state index in [4.69, 9.17) is 9.84 Å². The van der Waals surface area contributed by atoms with Crippen molar-refractivity contribution in [3.05, 3.63) is 47.7 Å². The van der Waals surface area contributed by atoms with Crippen molar-refractivity contribution in [1.29, 1.82) is 0 Å². The number of benzene rings is 1. The lowest BCUT2D eigenvalue weighted by Crippen LogP contribution is -1.87. The van der Waals surface area contributed by atoms with E-state index >= 15 is 0 Å². The van der Waals surface area contributed by atoms with Crippen molar-refractivity contribution in [1.82, 2.24) is 0 Å². The van der Waals surface area contributed by atoms with Crippen molar-refractivity contribution in [2.45, 2.75) is 32.6 Å². The van der Waals surface area contributed by atoms with Crippen molar-refractivity contribution in [3.8, 4) is 0 Å². The molecule has 1 aromatic carbocycles. The zero-order valence-corrected chi connectivity index (χ0v) is 11.9. The van der Waals surface area contributed by atoms with Crippen LogP contribution in [-0.2, 0) is 9.53 Å². The largest absolute Gasteiger partial charge is 0.501 e. The average molecular weight is 274 g/mol. The number of unbranched alkanes of at least 4 members (excludes halogenated alkanes) is 3. The van der Waals surface area contributed by atoms with Crippen molar-refractivity contribution in [2.24, 2.45) is 0 Å². The van der Waals surface area contributed by atoms with Gasteiger partial charge in [-0.2, -0.15) is 0 Å². The Hall–Kier alpha value is -2.03. The van der Waals surface area contributed by atoms with E-state index in [2.05, 4.69) is 6.92 Å². The lowest BCUT2D eigenvalue weighted by atomic mass is 10.1.